The number of hydrogen-bond donors (Lipinski definition) is 2. The van der Waals surface area contributed by atoms with Gasteiger partial charge in [0.25, 0.3) is 0 Å². The second kappa shape index (κ2) is 8.89. The first-order valence-electron chi connectivity index (χ1n) is 8.77. The maximum absolute atomic E-state index is 5.27. The first-order chi connectivity index (χ1) is 12.8. The van der Waals surface area contributed by atoms with Crippen molar-refractivity contribution in [3.05, 3.63) is 60.4 Å². The van der Waals surface area contributed by atoms with Crippen molar-refractivity contribution in [3.8, 4) is 5.75 Å². The van der Waals surface area contributed by atoms with Crippen molar-refractivity contribution in [1.29, 1.82) is 0 Å². The molecule has 0 bridgehead atoms. The van der Waals surface area contributed by atoms with Crippen LogP contribution in [0.4, 0.5) is 0 Å². The normalized spacial score (nSPS) is 11.5. The van der Waals surface area contributed by atoms with Gasteiger partial charge in [0.2, 0.25) is 0 Å². The summed E-state index contributed by atoms with van der Waals surface area (Å²) in [6.45, 7) is 2.46. The third kappa shape index (κ3) is 4.75. The number of fused-ring (bicyclic) bond motifs is 1. The molecule has 0 fully saturated rings. The molecule has 1 heterocycles. The lowest BCUT2D eigenvalue weighted by atomic mass is 10.1. The molecule has 2 aromatic carbocycles. The smallest absolute Gasteiger partial charge is 0.191 e. The van der Waals surface area contributed by atoms with Crippen molar-refractivity contribution in [2.45, 2.75) is 19.5 Å². The van der Waals surface area contributed by atoms with Crippen molar-refractivity contribution in [1.82, 2.24) is 20.4 Å². The molecule has 0 aliphatic carbocycles. The minimum atomic E-state index is 0.723. The zero-order valence-corrected chi connectivity index (χ0v) is 15.3. The second-order valence-electron chi connectivity index (χ2n) is 6.02. The number of nitrogens with zero attached hydrogens (tertiary/aromatic N) is 3. The maximum Gasteiger partial charge on any atom is 0.191 e. The molecule has 3 rings (SSSR count). The highest BCUT2D eigenvalue weighted by Crippen LogP contribution is 2.21. The first kappa shape index (κ1) is 17.8. The van der Waals surface area contributed by atoms with E-state index in [0.29, 0.717) is 0 Å². The highest BCUT2D eigenvalue weighted by atomic mass is 16.5. The molecule has 0 aliphatic heterocycles. The van der Waals surface area contributed by atoms with Crippen LogP contribution in [-0.2, 0) is 13.1 Å². The summed E-state index contributed by atoms with van der Waals surface area (Å²) in [7, 11) is 3.47. The summed E-state index contributed by atoms with van der Waals surface area (Å²) in [4.78, 5) is 4.28. The lowest BCUT2D eigenvalue weighted by molar-refractivity contribution is 0.415. The Morgan fingerprint density at radius 1 is 1.15 bits per heavy atom. The van der Waals surface area contributed by atoms with E-state index in [4.69, 9.17) is 4.74 Å². The van der Waals surface area contributed by atoms with Crippen molar-refractivity contribution in [3.63, 3.8) is 0 Å². The van der Waals surface area contributed by atoms with Crippen molar-refractivity contribution >= 4 is 16.7 Å². The standard InChI is InChI=1S/C20H25N5O/c1-21-20(22-9-3-11-25-12-4-10-24-25)23-15-16-5-6-18-14-19(26-2)8-7-17(18)13-16/h4-8,10,12-14H,3,9,11,15H2,1-2H3,(H2,21,22,23). The Labute approximate surface area is 153 Å². The van der Waals surface area contributed by atoms with Crippen LogP contribution in [0.2, 0.25) is 0 Å². The Morgan fingerprint density at radius 2 is 2.00 bits per heavy atom. The monoisotopic (exact) mass is 351 g/mol. The van der Waals surface area contributed by atoms with Crippen LogP contribution in [-0.4, -0.2) is 36.4 Å². The Kier molecular flexibility index (Phi) is 6.09. The molecular formula is C20H25N5O. The number of aromatic nitrogens is 2. The van der Waals surface area contributed by atoms with Crippen molar-refractivity contribution < 1.29 is 4.74 Å². The topological polar surface area (TPSA) is 63.5 Å². The van der Waals surface area contributed by atoms with E-state index >= 15 is 0 Å². The van der Waals surface area contributed by atoms with Crippen LogP contribution >= 0.6 is 0 Å². The van der Waals surface area contributed by atoms with Crippen LogP contribution in [0.25, 0.3) is 10.8 Å². The van der Waals surface area contributed by atoms with Crippen LogP contribution < -0.4 is 15.4 Å². The molecule has 26 heavy (non-hydrogen) atoms. The van der Waals surface area contributed by atoms with E-state index in [0.717, 1.165) is 37.8 Å². The second-order valence-corrected chi connectivity index (χ2v) is 6.02. The predicted molar refractivity (Wildman–Crippen MR) is 106 cm³/mol. The SMILES string of the molecule is CN=C(NCCCn1cccn1)NCc1ccc2cc(OC)ccc2c1. The number of guanidine groups is 1. The summed E-state index contributed by atoms with van der Waals surface area (Å²) in [5.41, 5.74) is 1.21. The summed E-state index contributed by atoms with van der Waals surface area (Å²) < 4.78 is 7.21. The largest absolute Gasteiger partial charge is 0.497 e. The van der Waals surface area contributed by atoms with Gasteiger partial charge in [-0.15, -0.1) is 0 Å². The van der Waals surface area contributed by atoms with E-state index in [1.54, 1.807) is 20.4 Å². The van der Waals surface area contributed by atoms with Gasteiger partial charge >= 0.3 is 0 Å². The van der Waals surface area contributed by atoms with Gasteiger partial charge in [-0.3, -0.25) is 9.67 Å². The number of nitrogens with one attached hydrogen (secondary N) is 2. The zero-order chi connectivity index (χ0) is 18.2. The summed E-state index contributed by atoms with van der Waals surface area (Å²) in [5.74, 6) is 1.68. The predicted octanol–water partition coefficient (Wildman–Crippen LogP) is 2.80. The lowest BCUT2D eigenvalue weighted by Gasteiger charge is -2.12. The highest BCUT2D eigenvalue weighted by Gasteiger charge is 2.01. The van der Waals surface area contributed by atoms with Crippen LogP contribution in [0.1, 0.15) is 12.0 Å². The first-order valence-corrected chi connectivity index (χ1v) is 8.77. The molecule has 0 saturated heterocycles. The molecule has 0 spiro atoms. The fraction of sp³-hybridized carbons (Fsp3) is 0.300. The van der Waals surface area contributed by atoms with Gasteiger partial charge in [-0.25, -0.2) is 0 Å². The molecule has 6 nitrogen and oxygen atoms in total. The van der Waals surface area contributed by atoms with Gasteiger partial charge in [-0.2, -0.15) is 5.10 Å². The van der Waals surface area contributed by atoms with E-state index < -0.39 is 0 Å². The number of methoxy groups -OCH3 is 1. The molecule has 0 atom stereocenters. The molecule has 0 radical (unpaired) electrons. The molecule has 0 saturated carbocycles. The van der Waals surface area contributed by atoms with E-state index in [2.05, 4.69) is 45.0 Å². The average Bonchev–Trinajstić information content (AvgIpc) is 3.20. The number of hydrogen-bond acceptors (Lipinski definition) is 3. The van der Waals surface area contributed by atoms with Gasteiger partial charge in [0.15, 0.2) is 5.96 Å². The molecule has 136 valence electrons. The minimum Gasteiger partial charge on any atom is -0.497 e. The molecular weight excluding hydrogens is 326 g/mol. The van der Waals surface area contributed by atoms with Crippen molar-refractivity contribution in [2.75, 3.05) is 20.7 Å². The number of aryl methyl sites for hydroxylation is 1. The van der Waals surface area contributed by atoms with E-state index in [1.807, 2.05) is 29.1 Å². The zero-order valence-electron chi connectivity index (χ0n) is 15.3. The highest BCUT2D eigenvalue weighted by molar-refractivity contribution is 5.85. The lowest BCUT2D eigenvalue weighted by Crippen LogP contribution is -2.37. The summed E-state index contributed by atoms with van der Waals surface area (Å²) in [5, 5.41) is 13.3. The molecule has 1 aromatic heterocycles. The van der Waals surface area contributed by atoms with Gasteiger partial charge in [0, 0.05) is 39.1 Å². The fourth-order valence-electron chi connectivity index (χ4n) is 2.80. The molecule has 2 N–H and O–H groups in total. The average molecular weight is 351 g/mol. The van der Waals surface area contributed by atoms with E-state index in [9.17, 15) is 0 Å². The fourth-order valence-corrected chi connectivity index (χ4v) is 2.80. The molecule has 0 aliphatic rings. The number of rotatable bonds is 7. The van der Waals surface area contributed by atoms with Crippen LogP contribution in [0.5, 0.6) is 5.75 Å². The number of aliphatic imine (C=N–C) groups is 1. The molecule has 0 unspecified atom stereocenters. The third-order valence-electron chi connectivity index (χ3n) is 4.21. The number of ether oxygens (including phenoxy) is 1. The Balaban J connectivity index is 1.49. The van der Waals surface area contributed by atoms with E-state index in [1.165, 1.54) is 16.3 Å². The summed E-state index contributed by atoms with van der Waals surface area (Å²) in [6, 6.07) is 14.5. The van der Waals surface area contributed by atoms with Crippen LogP contribution in [0.15, 0.2) is 59.9 Å². The van der Waals surface area contributed by atoms with Gasteiger partial charge in [0.1, 0.15) is 5.75 Å². The van der Waals surface area contributed by atoms with Gasteiger partial charge < -0.3 is 15.4 Å². The van der Waals surface area contributed by atoms with Gasteiger partial charge in [0.05, 0.1) is 7.11 Å². The maximum atomic E-state index is 5.27. The molecule has 3 aromatic rings. The summed E-state index contributed by atoms with van der Waals surface area (Å²) in [6.07, 6.45) is 4.76. The summed E-state index contributed by atoms with van der Waals surface area (Å²) >= 11 is 0. The molecule has 0 amide bonds. The quantitative estimate of drug-likeness (QED) is 0.390. The number of benzene rings is 2. The Hall–Kier alpha value is -3.02. The van der Waals surface area contributed by atoms with Gasteiger partial charge in [-0.1, -0.05) is 18.2 Å². The van der Waals surface area contributed by atoms with Crippen LogP contribution in [0.3, 0.4) is 0 Å². The van der Waals surface area contributed by atoms with Crippen LogP contribution in [0, 0.1) is 0 Å². The minimum absolute atomic E-state index is 0.723. The van der Waals surface area contributed by atoms with Gasteiger partial charge in [-0.05, 0) is 47.0 Å². The van der Waals surface area contributed by atoms with Crippen molar-refractivity contribution in [2.24, 2.45) is 4.99 Å². The Bertz CT molecular complexity index is 858. The third-order valence-corrected chi connectivity index (χ3v) is 4.21. The Morgan fingerprint density at radius 3 is 2.77 bits per heavy atom. The van der Waals surface area contributed by atoms with E-state index in [-0.39, 0.29) is 0 Å². The molecule has 6 heteroatoms.